The lowest BCUT2D eigenvalue weighted by Crippen LogP contribution is -2.40. The molecule has 6 nitrogen and oxygen atoms in total. The third-order valence-corrected chi connectivity index (χ3v) is 5.78. The lowest BCUT2D eigenvalue weighted by molar-refractivity contribution is -0.134. The number of likely N-dealkylation sites (tertiary alicyclic amines) is 1. The van der Waals surface area contributed by atoms with Crippen LogP contribution in [0.4, 0.5) is 0 Å². The fourth-order valence-electron chi connectivity index (χ4n) is 4.15. The number of hydrogen-bond acceptors (Lipinski definition) is 5. The van der Waals surface area contributed by atoms with Crippen LogP contribution in [0.1, 0.15) is 47.9 Å². The Kier molecular flexibility index (Phi) is 5.57. The Balaban J connectivity index is 1.51. The van der Waals surface area contributed by atoms with Crippen molar-refractivity contribution in [3.8, 4) is 5.75 Å². The predicted octanol–water partition coefficient (Wildman–Crippen LogP) is 2.77. The van der Waals surface area contributed by atoms with E-state index in [2.05, 4.69) is 16.9 Å². The fourth-order valence-corrected chi connectivity index (χ4v) is 4.15. The number of fused-ring (bicyclic) bond motifs is 1. The molecule has 1 saturated heterocycles. The standard InChI is InChI=1S/C22H28N4O2/c1-25-12-10-19-17(15-25)14-23-22(24-19)20-5-3-4-11-26(20)21(27)13-16-6-8-18(28-2)9-7-16/h6-9,14,20H,3-5,10-13,15H2,1-2H3. The average Bonchev–Trinajstić information content (AvgIpc) is 2.74. The van der Waals surface area contributed by atoms with Crippen LogP contribution in [0.5, 0.6) is 5.75 Å². The first-order valence-corrected chi connectivity index (χ1v) is 10.1. The molecule has 6 heteroatoms. The normalized spacial score (nSPS) is 19.9. The summed E-state index contributed by atoms with van der Waals surface area (Å²) in [6.07, 6.45) is 6.41. The summed E-state index contributed by atoms with van der Waals surface area (Å²) in [6, 6.07) is 7.72. The van der Waals surface area contributed by atoms with Crippen LogP contribution in [0.2, 0.25) is 0 Å². The smallest absolute Gasteiger partial charge is 0.227 e. The molecule has 2 aliphatic rings. The molecule has 1 atom stereocenters. The molecule has 2 aliphatic heterocycles. The highest BCUT2D eigenvalue weighted by molar-refractivity contribution is 5.79. The van der Waals surface area contributed by atoms with E-state index in [4.69, 9.17) is 9.72 Å². The van der Waals surface area contributed by atoms with Gasteiger partial charge in [-0.25, -0.2) is 9.97 Å². The van der Waals surface area contributed by atoms with Crippen molar-refractivity contribution in [2.24, 2.45) is 0 Å². The SMILES string of the molecule is COc1ccc(CC(=O)N2CCCCC2c2ncc3c(n2)CCN(C)C3)cc1. The van der Waals surface area contributed by atoms with E-state index in [0.29, 0.717) is 6.42 Å². The summed E-state index contributed by atoms with van der Waals surface area (Å²) >= 11 is 0. The Morgan fingerprint density at radius 3 is 2.82 bits per heavy atom. The molecule has 2 aromatic rings. The van der Waals surface area contributed by atoms with Crippen molar-refractivity contribution in [3.63, 3.8) is 0 Å². The van der Waals surface area contributed by atoms with Crippen LogP contribution < -0.4 is 4.74 Å². The molecule has 0 spiro atoms. The first-order valence-electron chi connectivity index (χ1n) is 10.1. The van der Waals surface area contributed by atoms with Crippen molar-refractivity contribution in [1.82, 2.24) is 19.8 Å². The van der Waals surface area contributed by atoms with Gasteiger partial charge in [-0.2, -0.15) is 0 Å². The number of carbonyl (C=O) groups is 1. The van der Waals surface area contributed by atoms with Crippen LogP contribution in [-0.2, 0) is 24.2 Å². The second-order valence-corrected chi connectivity index (χ2v) is 7.81. The van der Waals surface area contributed by atoms with Crippen LogP contribution in [0.25, 0.3) is 0 Å². The highest BCUT2D eigenvalue weighted by Crippen LogP contribution is 2.30. The molecule has 1 amide bonds. The van der Waals surface area contributed by atoms with E-state index in [1.165, 1.54) is 5.56 Å². The minimum atomic E-state index is -0.00976. The number of rotatable bonds is 4. The molecule has 0 saturated carbocycles. The number of carbonyl (C=O) groups excluding carboxylic acids is 1. The number of likely N-dealkylation sites (N-methyl/N-ethyl adjacent to an activating group) is 1. The molecule has 4 rings (SSSR count). The maximum Gasteiger partial charge on any atom is 0.227 e. The Hall–Kier alpha value is -2.47. The van der Waals surface area contributed by atoms with Gasteiger partial charge in [0.2, 0.25) is 5.91 Å². The molecule has 1 fully saturated rings. The van der Waals surface area contributed by atoms with Crippen molar-refractivity contribution < 1.29 is 9.53 Å². The zero-order valence-electron chi connectivity index (χ0n) is 16.7. The lowest BCUT2D eigenvalue weighted by atomic mass is 9.99. The van der Waals surface area contributed by atoms with Gasteiger partial charge in [-0.3, -0.25) is 4.79 Å². The third kappa shape index (κ3) is 4.02. The van der Waals surface area contributed by atoms with Crippen LogP contribution in [0.15, 0.2) is 30.5 Å². The monoisotopic (exact) mass is 380 g/mol. The maximum atomic E-state index is 13.1. The molecule has 1 aromatic carbocycles. The number of benzene rings is 1. The quantitative estimate of drug-likeness (QED) is 0.816. The first-order chi connectivity index (χ1) is 13.6. The van der Waals surface area contributed by atoms with Gasteiger partial charge < -0.3 is 14.5 Å². The number of nitrogens with zero attached hydrogens (tertiary/aromatic N) is 4. The van der Waals surface area contributed by atoms with E-state index >= 15 is 0 Å². The third-order valence-electron chi connectivity index (χ3n) is 5.78. The van der Waals surface area contributed by atoms with Gasteiger partial charge in [-0.1, -0.05) is 12.1 Å². The number of piperidine rings is 1. The van der Waals surface area contributed by atoms with E-state index in [9.17, 15) is 4.79 Å². The Morgan fingerprint density at radius 2 is 2.04 bits per heavy atom. The topological polar surface area (TPSA) is 58.6 Å². The van der Waals surface area contributed by atoms with Gasteiger partial charge in [0.1, 0.15) is 5.75 Å². The second-order valence-electron chi connectivity index (χ2n) is 7.81. The van der Waals surface area contributed by atoms with Gasteiger partial charge in [0.25, 0.3) is 0 Å². The lowest BCUT2D eigenvalue weighted by Gasteiger charge is -2.35. The van der Waals surface area contributed by atoms with Crippen molar-refractivity contribution in [2.75, 3.05) is 27.2 Å². The van der Waals surface area contributed by atoms with Gasteiger partial charge >= 0.3 is 0 Å². The predicted molar refractivity (Wildman–Crippen MR) is 107 cm³/mol. The Labute approximate surface area is 166 Å². The van der Waals surface area contributed by atoms with Crippen LogP contribution in [-0.4, -0.2) is 52.9 Å². The highest BCUT2D eigenvalue weighted by atomic mass is 16.5. The average molecular weight is 380 g/mol. The molecule has 1 unspecified atom stereocenters. The van der Waals surface area contributed by atoms with Crippen LogP contribution >= 0.6 is 0 Å². The summed E-state index contributed by atoms with van der Waals surface area (Å²) in [5.74, 6) is 1.77. The van der Waals surface area contributed by atoms with Crippen LogP contribution in [0.3, 0.4) is 0 Å². The van der Waals surface area contributed by atoms with Gasteiger partial charge in [0.15, 0.2) is 5.82 Å². The molecule has 3 heterocycles. The highest BCUT2D eigenvalue weighted by Gasteiger charge is 2.30. The minimum Gasteiger partial charge on any atom is -0.497 e. The van der Waals surface area contributed by atoms with Crippen molar-refractivity contribution in [1.29, 1.82) is 0 Å². The maximum absolute atomic E-state index is 13.1. The van der Waals surface area contributed by atoms with Crippen molar-refractivity contribution >= 4 is 5.91 Å². The molecule has 148 valence electrons. The van der Waals surface area contributed by atoms with E-state index in [1.54, 1.807) is 7.11 Å². The second kappa shape index (κ2) is 8.27. The Bertz CT molecular complexity index is 837. The summed E-state index contributed by atoms with van der Waals surface area (Å²) in [6.45, 7) is 2.71. The zero-order valence-corrected chi connectivity index (χ0v) is 16.7. The van der Waals surface area contributed by atoms with E-state index in [0.717, 1.165) is 68.1 Å². The largest absolute Gasteiger partial charge is 0.497 e. The van der Waals surface area contributed by atoms with Gasteiger partial charge in [-0.05, 0) is 44.0 Å². The minimum absolute atomic E-state index is 0.00976. The summed E-state index contributed by atoms with van der Waals surface area (Å²) in [7, 11) is 3.77. The first kappa shape index (κ1) is 18.9. The van der Waals surface area contributed by atoms with Gasteiger partial charge in [-0.15, -0.1) is 0 Å². The van der Waals surface area contributed by atoms with E-state index in [1.807, 2.05) is 35.4 Å². The summed E-state index contributed by atoms with van der Waals surface area (Å²) in [5, 5.41) is 0. The Morgan fingerprint density at radius 1 is 1.21 bits per heavy atom. The molecule has 0 aliphatic carbocycles. The fraction of sp³-hybridized carbons (Fsp3) is 0.500. The van der Waals surface area contributed by atoms with E-state index < -0.39 is 0 Å². The zero-order chi connectivity index (χ0) is 19.5. The number of aromatic nitrogens is 2. The molecule has 0 N–H and O–H groups in total. The molecule has 1 aromatic heterocycles. The molecule has 0 bridgehead atoms. The molecule has 28 heavy (non-hydrogen) atoms. The van der Waals surface area contributed by atoms with Gasteiger partial charge in [0, 0.05) is 43.5 Å². The number of methoxy groups -OCH3 is 1. The number of hydrogen-bond donors (Lipinski definition) is 0. The molecular weight excluding hydrogens is 352 g/mol. The molecular formula is C22H28N4O2. The van der Waals surface area contributed by atoms with Crippen molar-refractivity contribution in [2.45, 2.75) is 44.7 Å². The van der Waals surface area contributed by atoms with E-state index in [-0.39, 0.29) is 11.9 Å². The number of amides is 1. The van der Waals surface area contributed by atoms with Gasteiger partial charge in [0.05, 0.1) is 19.6 Å². The van der Waals surface area contributed by atoms with Crippen LogP contribution in [0, 0.1) is 0 Å². The summed E-state index contributed by atoms with van der Waals surface area (Å²) < 4.78 is 5.20. The number of ether oxygens (including phenoxy) is 1. The summed E-state index contributed by atoms with van der Waals surface area (Å²) in [5.41, 5.74) is 3.37. The van der Waals surface area contributed by atoms with Crippen molar-refractivity contribution in [3.05, 3.63) is 53.1 Å². The molecule has 0 radical (unpaired) electrons. The summed E-state index contributed by atoms with van der Waals surface area (Å²) in [4.78, 5) is 26.9.